The van der Waals surface area contributed by atoms with Crippen molar-refractivity contribution in [3.63, 3.8) is 0 Å². The second kappa shape index (κ2) is 7.13. The number of sulfonamides is 1. The number of nitrogens with zero attached hydrogens (tertiary/aromatic N) is 2. The van der Waals surface area contributed by atoms with Gasteiger partial charge in [0.05, 0.1) is 16.0 Å². The molecule has 2 amide bonds. The van der Waals surface area contributed by atoms with Gasteiger partial charge in [-0.05, 0) is 30.7 Å². The van der Waals surface area contributed by atoms with Gasteiger partial charge in [0, 0.05) is 18.5 Å². The Morgan fingerprint density at radius 2 is 1.55 bits per heavy atom. The molecule has 0 spiro atoms. The number of hydroxylamine groups is 2. The van der Waals surface area contributed by atoms with Gasteiger partial charge in [-0.15, -0.1) is 0 Å². The second-order valence-electron chi connectivity index (χ2n) is 6.35. The van der Waals surface area contributed by atoms with E-state index in [9.17, 15) is 22.8 Å². The molecule has 0 saturated carbocycles. The lowest BCUT2D eigenvalue weighted by molar-refractivity contribution is -0.168. The minimum atomic E-state index is -3.62. The van der Waals surface area contributed by atoms with E-state index in [1.165, 1.54) is 18.2 Å². The normalized spacial score (nSPS) is 17.8. The Hall–Kier alpha value is -3.53. The summed E-state index contributed by atoms with van der Waals surface area (Å²) in [6.45, 7) is 0.156. The molecule has 2 aliphatic rings. The highest BCUT2D eigenvalue weighted by molar-refractivity contribution is 7.90. The van der Waals surface area contributed by atoms with Crippen molar-refractivity contribution < 1.29 is 27.6 Å². The number of hydrogen-bond acceptors (Lipinski definition) is 7. The molecular formula is C19H15N3O6S. The fourth-order valence-corrected chi connectivity index (χ4v) is 4.31. The van der Waals surface area contributed by atoms with Crippen LogP contribution in [0.2, 0.25) is 0 Å². The van der Waals surface area contributed by atoms with Crippen LogP contribution in [0, 0.1) is 0 Å². The predicted octanol–water partition coefficient (Wildman–Crippen LogP) is 1.26. The summed E-state index contributed by atoms with van der Waals surface area (Å²) in [4.78, 5) is 45.6. The van der Waals surface area contributed by atoms with Crippen molar-refractivity contribution in [2.45, 2.75) is 17.7 Å². The lowest BCUT2D eigenvalue weighted by atomic mass is 10.1. The highest BCUT2D eigenvalue weighted by atomic mass is 32.2. The maximum atomic E-state index is 12.2. The van der Waals surface area contributed by atoms with Crippen LogP contribution >= 0.6 is 0 Å². The summed E-state index contributed by atoms with van der Waals surface area (Å²) in [6.07, 6.45) is 0.147. The first kappa shape index (κ1) is 18.8. The Labute approximate surface area is 166 Å². The maximum Gasteiger partial charge on any atom is 0.333 e. The van der Waals surface area contributed by atoms with Crippen molar-refractivity contribution in [2.75, 3.05) is 6.54 Å². The van der Waals surface area contributed by atoms with Crippen LogP contribution in [-0.2, 0) is 19.7 Å². The van der Waals surface area contributed by atoms with E-state index in [0.29, 0.717) is 10.6 Å². The number of fused-ring (bicyclic) bond motifs is 2. The molecule has 2 aromatic carbocycles. The molecule has 9 nitrogen and oxygen atoms in total. The molecular weight excluding hydrogens is 398 g/mol. The second-order valence-corrected chi connectivity index (χ2v) is 8.00. The Bertz CT molecular complexity index is 1140. The van der Waals surface area contributed by atoms with E-state index in [1.807, 2.05) is 0 Å². The van der Waals surface area contributed by atoms with Gasteiger partial charge in [-0.3, -0.25) is 19.3 Å². The number of amides is 2. The number of carbonyl (C=O) groups excluding carboxylic acids is 3. The zero-order valence-electron chi connectivity index (χ0n) is 15.0. The predicted molar refractivity (Wildman–Crippen MR) is 100 cm³/mol. The van der Waals surface area contributed by atoms with Crippen LogP contribution in [-0.4, -0.2) is 43.6 Å². The lowest BCUT2D eigenvalue weighted by Gasteiger charge is -2.12. The quantitative estimate of drug-likeness (QED) is 0.582. The third-order valence-corrected chi connectivity index (χ3v) is 5.82. The number of hydrogen-bond donors (Lipinski definition) is 1. The van der Waals surface area contributed by atoms with Crippen LogP contribution in [0.3, 0.4) is 0 Å². The van der Waals surface area contributed by atoms with Crippen LogP contribution in [0.5, 0.6) is 0 Å². The molecule has 29 heavy (non-hydrogen) atoms. The summed E-state index contributed by atoms with van der Waals surface area (Å²) in [5.41, 5.74) is 0.842. The van der Waals surface area contributed by atoms with Gasteiger partial charge < -0.3 is 4.84 Å². The highest BCUT2D eigenvalue weighted by Crippen LogP contribution is 2.23. The standard InChI is InChI=1S/C19H15N3O6S/c23-16(28-22-18(24)12-6-1-2-7-13(12)19(22)25)10-5-11-20-17-14-8-3-4-9-15(14)29(26,27)21-17/h1-4,6-9H,5,10-11H2,(H,20,21). The van der Waals surface area contributed by atoms with E-state index < -0.39 is 27.8 Å². The summed E-state index contributed by atoms with van der Waals surface area (Å²) >= 11 is 0. The molecule has 0 atom stereocenters. The topological polar surface area (TPSA) is 122 Å². The van der Waals surface area contributed by atoms with Gasteiger partial charge >= 0.3 is 5.97 Å². The third kappa shape index (κ3) is 3.38. The molecule has 2 aliphatic heterocycles. The van der Waals surface area contributed by atoms with Crippen LogP contribution < -0.4 is 4.72 Å². The summed E-state index contributed by atoms with van der Waals surface area (Å²) in [7, 11) is -3.62. The fraction of sp³-hybridized carbons (Fsp3) is 0.158. The Kier molecular flexibility index (Phi) is 4.63. The monoisotopic (exact) mass is 413 g/mol. The summed E-state index contributed by atoms with van der Waals surface area (Å²) in [6, 6.07) is 12.7. The van der Waals surface area contributed by atoms with E-state index in [4.69, 9.17) is 4.84 Å². The van der Waals surface area contributed by atoms with Crippen molar-refractivity contribution in [3.05, 3.63) is 65.2 Å². The van der Waals surface area contributed by atoms with Gasteiger partial charge in [-0.25, -0.2) is 13.2 Å². The first-order chi connectivity index (χ1) is 13.9. The number of amidine groups is 1. The first-order valence-electron chi connectivity index (χ1n) is 8.74. The zero-order chi connectivity index (χ0) is 20.6. The molecule has 0 aliphatic carbocycles. The van der Waals surface area contributed by atoms with Crippen LogP contribution in [0.1, 0.15) is 39.1 Å². The molecule has 148 valence electrons. The SMILES string of the molecule is O=C(CCCN=C1NS(=O)(=O)c2ccccc21)ON1C(=O)c2ccccc2C1=O. The summed E-state index contributed by atoms with van der Waals surface area (Å²) in [5, 5.41) is 0.459. The summed E-state index contributed by atoms with van der Waals surface area (Å²) < 4.78 is 26.4. The highest BCUT2D eigenvalue weighted by Gasteiger charge is 2.38. The van der Waals surface area contributed by atoms with Crippen LogP contribution in [0.15, 0.2) is 58.4 Å². The lowest BCUT2D eigenvalue weighted by Crippen LogP contribution is -2.32. The largest absolute Gasteiger partial charge is 0.333 e. The smallest absolute Gasteiger partial charge is 0.330 e. The third-order valence-electron chi connectivity index (χ3n) is 4.42. The van der Waals surface area contributed by atoms with Crippen LogP contribution in [0.25, 0.3) is 0 Å². The van der Waals surface area contributed by atoms with Gasteiger partial charge in [0.15, 0.2) is 0 Å². The number of aliphatic imine (C=N–C) groups is 1. The Balaban J connectivity index is 1.33. The van der Waals surface area contributed by atoms with Crippen molar-refractivity contribution in [1.82, 2.24) is 9.79 Å². The van der Waals surface area contributed by atoms with Crippen molar-refractivity contribution >= 4 is 33.6 Å². The minimum Gasteiger partial charge on any atom is -0.330 e. The van der Waals surface area contributed by atoms with Gasteiger partial charge in [0.25, 0.3) is 21.8 Å². The van der Waals surface area contributed by atoms with Crippen LogP contribution in [0.4, 0.5) is 0 Å². The molecule has 1 N–H and O–H groups in total. The number of imide groups is 1. The number of carbonyl (C=O) groups is 3. The maximum absolute atomic E-state index is 12.2. The van der Waals surface area contributed by atoms with Crippen molar-refractivity contribution in [1.29, 1.82) is 0 Å². The molecule has 2 aromatic rings. The van der Waals surface area contributed by atoms with Gasteiger partial charge in [-0.1, -0.05) is 29.3 Å². The Morgan fingerprint density at radius 1 is 0.966 bits per heavy atom. The Morgan fingerprint density at radius 3 is 2.21 bits per heavy atom. The number of benzene rings is 2. The molecule has 0 bridgehead atoms. The molecule has 0 aromatic heterocycles. The van der Waals surface area contributed by atoms with Gasteiger partial charge in [-0.2, -0.15) is 0 Å². The average Bonchev–Trinajstić information content (AvgIpc) is 3.11. The molecule has 4 rings (SSSR count). The minimum absolute atomic E-state index is 0.0986. The van der Waals surface area contributed by atoms with E-state index in [-0.39, 0.29) is 41.2 Å². The van der Waals surface area contributed by atoms with Gasteiger partial charge in [0.2, 0.25) is 0 Å². The molecule has 0 fully saturated rings. The number of nitrogens with one attached hydrogen (secondary N) is 1. The van der Waals surface area contributed by atoms with E-state index in [2.05, 4.69) is 9.71 Å². The molecule has 0 radical (unpaired) electrons. The van der Waals surface area contributed by atoms with E-state index in [0.717, 1.165) is 0 Å². The van der Waals surface area contributed by atoms with E-state index in [1.54, 1.807) is 30.3 Å². The molecule has 2 heterocycles. The summed E-state index contributed by atoms with van der Waals surface area (Å²) in [5.74, 6) is -1.91. The molecule has 0 unspecified atom stereocenters. The van der Waals surface area contributed by atoms with Crippen molar-refractivity contribution in [3.8, 4) is 0 Å². The molecule has 10 heteroatoms. The van der Waals surface area contributed by atoms with E-state index >= 15 is 0 Å². The molecule has 0 saturated heterocycles. The first-order valence-corrected chi connectivity index (χ1v) is 10.2. The zero-order valence-corrected chi connectivity index (χ0v) is 15.8. The number of rotatable bonds is 5. The fourth-order valence-electron chi connectivity index (χ4n) is 3.06. The van der Waals surface area contributed by atoms with Gasteiger partial charge in [0.1, 0.15) is 5.84 Å². The van der Waals surface area contributed by atoms with Crippen molar-refractivity contribution in [2.24, 2.45) is 4.99 Å². The average molecular weight is 413 g/mol.